The summed E-state index contributed by atoms with van der Waals surface area (Å²) in [6.45, 7) is 0.817. The molecule has 22 heavy (non-hydrogen) atoms. The van der Waals surface area contributed by atoms with Gasteiger partial charge >= 0.3 is 0 Å². The van der Waals surface area contributed by atoms with Gasteiger partial charge in [-0.1, -0.05) is 30.3 Å². The Morgan fingerprint density at radius 1 is 1.27 bits per heavy atom. The topological polar surface area (TPSA) is 38.1 Å². The van der Waals surface area contributed by atoms with Crippen LogP contribution in [0.15, 0.2) is 48.8 Å². The van der Waals surface area contributed by atoms with Crippen LogP contribution in [-0.2, 0) is 11.8 Å². The zero-order valence-corrected chi connectivity index (χ0v) is 12.9. The Bertz CT molecular complexity index is 660. The van der Waals surface area contributed by atoms with E-state index in [0.29, 0.717) is 0 Å². The highest BCUT2D eigenvalue weighted by Gasteiger charge is 2.27. The van der Waals surface area contributed by atoms with Gasteiger partial charge in [-0.25, -0.2) is 0 Å². The first kappa shape index (κ1) is 14.6. The van der Waals surface area contributed by atoms with Gasteiger partial charge in [-0.3, -0.25) is 9.48 Å². The summed E-state index contributed by atoms with van der Waals surface area (Å²) in [5.74, 6) is 0.0809. The second kappa shape index (κ2) is 6.60. The van der Waals surface area contributed by atoms with Gasteiger partial charge < -0.3 is 4.90 Å². The molecule has 1 aliphatic heterocycles. The third-order valence-electron chi connectivity index (χ3n) is 4.11. The van der Waals surface area contributed by atoms with Crippen LogP contribution < -0.4 is 0 Å². The number of hydrogen-bond acceptors (Lipinski definition) is 2. The van der Waals surface area contributed by atoms with Crippen molar-refractivity contribution < 1.29 is 4.79 Å². The van der Waals surface area contributed by atoms with Gasteiger partial charge in [0.15, 0.2) is 0 Å². The molecule has 0 spiro atoms. The SMILES string of the molecule is Cn1cc([C@@H]2CCCCN2C(=O)/C=C/c2ccccc2)cn1. The minimum absolute atomic E-state index is 0.0809. The molecule has 4 nitrogen and oxygen atoms in total. The number of amides is 1. The van der Waals surface area contributed by atoms with Crippen LogP contribution in [0.1, 0.15) is 36.4 Å². The summed E-state index contributed by atoms with van der Waals surface area (Å²) in [4.78, 5) is 14.5. The highest BCUT2D eigenvalue weighted by Crippen LogP contribution is 2.30. The standard InChI is InChI=1S/C18H21N3O/c1-20-14-16(13-19-20)17-9-5-6-12-21(17)18(22)11-10-15-7-3-2-4-8-15/h2-4,7-8,10-11,13-14,17H,5-6,9,12H2,1H3/b11-10+/t17-/m0/s1. The van der Waals surface area contributed by atoms with E-state index in [2.05, 4.69) is 5.10 Å². The number of nitrogens with zero attached hydrogens (tertiary/aromatic N) is 3. The van der Waals surface area contributed by atoms with Crippen LogP contribution in [-0.4, -0.2) is 27.1 Å². The Labute approximate surface area is 131 Å². The average molecular weight is 295 g/mol. The van der Waals surface area contributed by atoms with E-state index in [4.69, 9.17) is 0 Å². The van der Waals surface area contributed by atoms with Crippen molar-refractivity contribution >= 4 is 12.0 Å². The molecule has 1 amide bonds. The third-order valence-corrected chi connectivity index (χ3v) is 4.11. The zero-order valence-electron chi connectivity index (χ0n) is 12.9. The summed E-state index contributed by atoms with van der Waals surface area (Å²) in [5.41, 5.74) is 2.18. The number of aryl methyl sites for hydroxylation is 1. The van der Waals surface area contributed by atoms with Crippen LogP contribution in [0.3, 0.4) is 0 Å². The molecule has 0 bridgehead atoms. The second-order valence-corrected chi connectivity index (χ2v) is 5.73. The number of carbonyl (C=O) groups excluding carboxylic acids is 1. The first-order valence-electron chi connectivity index (χ1n) is 7.76. The summed E-state index contributed by atoms with van der Waals surface area (Å²) in [7, 11) is 1.91. The molecular weight excluding hydrogens is 274 g/mol. The lowest BCUT2D eigenvalue weighted by atomic mass is 9.97. The van der Waals surface area contributed by atoms with E-state index in [1.807, 2.05) is 60.7 Å². The van der Waals surface area contributed by atoms with E-state index in [1.165, 1.54) is 0 Å². The quantitative estimate of drug-likeness (QED) is 0.816. The van der Waals surface area contributed by atoms with E-state index in [0.717, 1.165) is 36.9 Å². The summed E-state index contributed by atoms with van der Waals surface area (Å²) in [6.07, 6.45) is 10.7. The summed E-state index contributed by atoms with van der Waals surface area (Å²) >= 11 is 0. The van der Waals surface area contributed by atoms with Gasteiger partial charge in [0.25, 0.3) is 0 Å². The molecule has 1 aromatic heterocycles. The van der Waals surface area contributed by atoms with Crippen molar-refractivity contribution in [2.75, 3.05) is 6.54 Å². The van der Waals surface area contributed by atoms with Gasteiger partial charge in [0.05, 0.1) is 12.2 Å². The van der Waals surface area contributed by atoms with Gasteiger partial charge in [-0.15, -0.1) is 0 Å². The Kier molecular flexibility index (Phi) is 4.37. The molecule has 0 unspecified atom stereocenters. The smallest absolute Gasteiger partial charge is 0.247 e. The predicted molar refractivity (Wildman–Crippen MR) is 87.0 cm³/mol. The normalized spacial score (nSPS) is 18.8. The maximum absolute atomic E-state index is 12.6. The van der Waals surface area contributed by atoms with Crippen LogP contribution in [0.25, 0.3) is 6.08 Å². The number of rotatable bonds is 3. The first-order chi connectivity index (χ1) is 10.7. The fourth-order valence-electron chi connectivity index (χ4n) is 2.98. The summed E-state index contributed by atoms with van der Waals surface area (Å²) < 4.78 is 1.80. The Morgan fingerprint density at radius 3 is 2.82 bits per heavy atom. The molecule has 0 aliphatic carbocycles. The average Bonchev–Trinajstić information content (AvgIpc) is 3.00. The highest BCUT2D eigenvalue weighted by atomic mass is 16.2. The van der Waals surface area contributed by atoms with Gasteiger partial charge in [-0.2, -0.15) is 5.10 Å². The van der Waals surface area contributed by atoms with E-state index in [-0.39, 0.29) is 11.9 Å². The summed E-state index contributed by atoms with van der Waals surface area (Å²) in [6, 6.07) is 10.1. The molecule has 1 aliphatic rings. The third kappa shape index (κ3) is 3.27. The number of benzene rings is 1. The van der Waals surface area contributed by atoms with Gasteiger partial charge in [-0.05, 0) is 30.9 Å². The lowest BCUT2D eigenvalue weighted by Crippen LogP contribution is -2.37. The van der Waals surface area contributed by atoms with Gasteiger partial charge in [0.2, 0.25) is 5.91 Å². The van der Waals surface area contributed by atoms with Crippen LogP contribution in [0.2, 0.25) is 0 Å². The van der Waals surface area contributed by atoms with Crippen molar-refractivity contribution in [3.63, 3.8) is 0 Å². The van der Waals surface area contributed by atoms with Crippen molar-refractivity contribution in [1.29, 1.82) is 0 Å². The first-order valence-corrected chi connectivity index (χ1v) is 7.76. The van der Waals surface area contributed by atoms with Crippen molar-refractivity contribution in [2.45, 2.75) is 25.3 Å². The Balaban J connectivity index is 1.75. The largest absolute Gasteiger partial charge is 0.332 e. The molecule has 3 rings (SSSR count). The van der Waals surface area contributed by atoms with Crippen LogP contribution in [0.4, 0.5) is 0 Å². The van der Waals surface area contributed by atoms with Crippen molar-refractivity contribution in [3.05, 3.63) is 59.9 Å². The highest BCUT2D eigenvalue weighted by molar-refractivity contribution is 5.92. The van der Waals surface area contributed by atoms with Gasteiger partial charge in [0.1, 0.15) is 0 Å². The Morgan fingerprint density at radius 2 is 2.09 bits per heavy atom. The molecule has 1 atom stereocenters. The minimum atomic E-state index is 0.0809. The van der Waals surface area contributed by atoms with E-state index >= 15 is 0 Å². The molecule has 1 aromatic carbocycles. The molecule has 4 heteroatoms. The molecule has 0 saturated carbocycles. The van der Waals surface area contributed by atoms with E-state index < -0.39 is 0 Å². The maximum Gasteiger partial charge on any atom is 0.247 e. The van der Waals surface area contributed by atoms with Crippen molar-refractivity contribution in [3.8, 4) is 0 Å². The monoisotopic (exact) mass is 295 g/mol. The second-order valence-electron chi connectivity index (χ2n) is 5.73. The fourth-order valence-corrected chi connectivity index (χ4v) is 2.98. The number of piperidine rings is 1. The summed E-state index contributed by atoms with van der Waals surface area (Å²) in [5, 5.41) is 4.24. The maximum atomic E-state index is 12.6. The Hall–Kier alpha value is -2.36. The zero-order chi connectivity index (χ0) is 15.4. The van der Waals surface area contributed by atoms with E-state index in [9.17, 15) is 4.79 Å². The fraction of sp³-hybridized carbons (Fsp3) is 0.333. The molecule has 2 heterocycles. The molecule has 114 valence electrons. The van der Waals surface area contributed by atoms with Crippen LogP contribution >= 0.6 is 0 Å². The minimum Gasteiger partial charge on any atom is -0.332 e. The lowest BCUT2D eigenvalue weighted by molar-refractivity contribution is -0.129. The van der Waals surface area contributed by atoms with Gasteiger partial charge in [0, 0.05) is 31.4 Å². The molecule has 1 fully saturated rings. The molecule has 2 aromatic rings. The molecule has 0 radical (unpaired) electrons. The van der Waals surface area contributed by atoms with E-state index in [1.54, 1.807) is 10.8 Å². The number of carbonyl (C=O) groups is 1. The number of likely N-dealkylation sites (tertiary alicyclic amines) is 1. The number of aromatic nitrogens is 2. The molecule has 1 saturated heterocycles. The van der Waals surface area contributed by atoms with Crippen molar-refractivity contribution in [2.24, 2.45) is 7.05 Å². The molecular formula is C18H21N3O. The lowest BCUT2D eigenvalue weighted by Gasteiger charge is -2.34. The number of hydrogen-bond donors (Lipinski definition) is 0. The van der Waals surface area contributed by atoms with Crippen LogP contribution in [0.5, 0.6) is 0 Å². The predicted octanol–water partition coefficient (Wildman–Crippen LogP) is 3.19. The molecule has 0 N–H and O–H groups in total. The van der Waals surface area contributed by atoms with Crippen molar-refractivity contribution in [1.82, 2.24) is 14.7 Å². The van der Waals surface area contributed by atoms with Crippen LogP contribution in [0, 0.1) is 0 Å².